The lowest BCUT2D eigenvalue weighted by Gasteiger charge is -2.19. The van der Waals surface area contributed by atoms with Crippen LogP contribution in [-0.2, 0) is 6.42 Å². The SMILES string of the molecule is COc1ccccc1-n1ccc(C)c(C(=O)N2CCC(Cc3ccc(N)nc3)C2)c1=O. The molecule has 1 aliphatic rings. The van der Waals surface area contributed by atoms with Crippen molar-refractivity contribution in [3.8, 4) is 11.4 Å². The Morgan fingerprint density at radius 1 is 1.23 bits per heavy atom. The monoisotopic (exact) mass is 418 g/mol. The molecule has 7 nitrogen and oxygen atoms in total. The van der Waals surface area contributed by atoms with Crippen LogP contribution in [-0.4, -0.2) is 40.6 Å². The number of aromatic nitrogens is 2. The summed E-state index contributed by atoms with van der Waals surface area (Å²) in [6.45, 7) is 3.05. The molecule has 1 atom stereocenters. The van der Waals surface area contributed by atoms with Gasteiger partial charge in [0, 0.05) is 25.5 Å². The van der Waals surface area contributed by atoms with Crippen molar-refractivity contribution in [2.24, 2.45) is 5.92 Å². The lowest BCUT2D eigenvalue weighted by molar-refractivity contribution is 0.0784. The third-order valence-corrected chi connectivity index (χ3v) is 5.80. The van der Waals surface area contributed by atoms with Crippen molar-refractivity contribution in [2.75, 3.05) is 25.9 Å². The van der Waals surface area contributed by atoms with Crippen molar-refractivity contribution < 1.29 is 9.53 Å². The minimum Gasteiger partial charge on any atom is -0.495 e. The number of ether oxygens (including phenoxy) is 1. The standard InChI is InChI=1S/C24H26N4O3/c1-16-9-12-28(19-5-3-4-6-20(19)31-2)24(30)22(16)23(29)27-11-10-18(15-27)13-17-7-8-21(25)26-14-17/h3-9,12,14,18H,10-11,13,15H2,1-2H3,(H2,25,26). The summed E-state index contributed by atoms with van der Waals surface area (Å²) in [6.07, 6.45) is 5.19. The molecule has 160 valence electrons. The average Bonchev–Trinajstić information content (AvgIpc) is 3.24. The highest BCUT2D eigenvalue weighted by molar-refractivity contribution is 5.95. The first-order valence-electron chi connectivity index (χ1n) is 10.3. The highest BCUT2D eigenvalue weighted by Gasteiger charge is 2.30. The summed E-state index contributed by atoms with van der Waals surface area (Å²) in [5.41, 5.74) is 7.92. The fourth-order valence-corrected chi connectivity index (χ4v) is 4.14. The van der Waals surface area contributed by atoms with Gasteiger partial charge < -0.3 is 15.4 Å². The van der Waals surface area contributed by atoms with Crippen molar-refractivity contribution in [2.45, 2.75) is 19.8 Å². The fourth-order valence-electron chi connectivity index (χ4n) is 4.14. The molecular formula is C24H26N4O3. The molecule has 0 bridgehead atoms. The van der Waals surface area contributed by atoms with E-state index in [0.717, 1.165) is 18.4 Å². The van der Waals surface area contributed by atoms with E-state index in [1.165, 1.54) is 4.57 Å². The van der Waals surface area contributed by atoms with Gasteiger partial charge in [0.25, 0.3) is 11.5 Å². The summed E-state index contributed by atoms with van der Waals surface area (Å²) in [5, 5.41) is 0. The molecule has 0 aliphatic carbocycles. The van der Waals surface area contributed by atoms with Gasteiger partial charge in [-0.1, -0.05) is 18.2 Å². The summed E-state index contributed by atoms with van der Waals surface area (Å²) >= 11 is 0. The maximum absolute atomic E-state index is 13.3. The lowest BCUT2D eigenvalue weighted by atomic mass is 10.00. The zero-order valence-electron chi connectivity index (χ0n) is 17.7. The number of aryl methyl sites for hydroxylation is 1. The molecule has 1 amide bonds. The zero-order valence-corrected chi connectivity index (χ0v) is 17.7. The molecule has 3 aromatic rings. The quantitative estimate of drug-likeness (QED) is 0.688. The molecule has 7 heteroatoms. The first-order valence-corrected chi connectivity index (χ1v) is 10.3. The van der Waals surface area contributed by atoms with Crippen molar-refractivity contribution in [1.82, 2.24) is 14.5 Å². The lowest BCUT2D eigenvalue weighted by Crippen LogP contribution is -2.36. The number of nitrogens with zero attached hydrogens (tertiary/aromatic N) is 3. The van der Waals surface area contributed by atoms with Crippen molar-refractivity contribution >= 4 is 11.7 Å². The van der Waals surface area contributed by atoms with Gasteiger partial charge in [-0.2, -0.15) is 0 Å². The number of anilines is 1. The van der Waals surface area contributed by atoms with Gasteiger partial charge in [-0.05, 0) is 61.1 Å². The normalized spacial score (nSPS) is 15.8. The van der Waals surface area contributed by atoms with Crippen molar-refractivity contribution in [3.05, 3.63) is 81.9 Å². The number of amides is 1. The van der Waals surface area contributed by atoms with Crippen LogP contribution in [0.4, 0.5) is 5.82 Å². The molecule has 1 aromatic carbocycles. The maximum Gasteiger partial charge on any atom is 0.268 e. The van der Waals surface area contributed by atoms with Crippen LogP contribution in [0, 0.1) is 12.8 Å². The largest absolute Gasteiger partial charge is 0.495 e. The molecule has 2 aromatic heterocycles. The molecule has 1 aliphatic heterocycles. The van der Waals surface area contributed by atoms with Gasteiger partial charge in [-0.15, -0.1) is 0 Å². The number of nitrogens with two attached hydrogens (primary N) is 1. The third-order valence-electron chi connectivity index (χ3n) is 5.80. The van der Waals surface area contributed by atoms with Crippen LogP contribution in [0.5, 0.6) is 5.75 Å². The van der Waals surface area contributed by atoms with E-state index in [2.05, 4.69) is 4.98 Å². The predicted molar refractivity (Wildman–Crippen MR) is 120 cm³/mol. The van der Waals surface area contributed by atoms with Crippen LogP contribution < -0.4 is 16.0 Å². The van der Waals surface area contributed by atoms with Crippen LogP contribution in [0.25, 0.3) is 5.69 Å². The highest BCUT2D eigenvalue weighted by Crippen LogP contribution is 2.24. The van der Waals surface area contributed by atoms with Crippen LogP contribution in [0.1, 0.15) is 27.9 Å². The highest BCUT2D eigenvalue weighted by atomic mass is 16.5. The van der Waals surface area contributed by atoms with Gasteiger partial charge in [-0.25, -0.2) is 4.98 Å². The maximum atomic E-state index is 13.3. The van der Waals surface area contributed by atoms with E-state index in [4.69, 9.17) is 10.5 Å². The van der Waals surface area contributed by atoms with E-state index in [9.17, 15) is 9.59 Å². The number of hydrogen-bond acceptors (Lipinski definition) is 5. The van der Waals surface area contributed by atoms with E-state index in [1.54, 1.807) is 55.6 Å². The number of para-hydroxylation sites is 2. The van der Waals surface area contributed by atoms with Crippen molar-refractivity contribution in [1.29, 1.82) is 0 Å². The summed E-state index contributed by atoms with van der Waals surface area (Å²) in [6, 6.07) is 12.8. The minimum absolute atomic E-state index is 0.211. The molecule has 2 N–H and O–H groups in total. The van der Waals surface area contributed by atoms with Crippen molar-refractivity contribution in [3.63, 3.8) is 0 Å². The second kappa shape index (κ2) is 8.63. The molecule has 4 rings (SSSR count). The summed E-state index contributed by atoms with van der Waals surface area (Å²) < 4.78 is 6.87. The third kappa shape index (κ3) is 4.17. The molecule has 31 heavy (non-hydrogen) atoms. The summed E-state index contributed by atoms with van der Waals surface area (Å²) in [5.74, 6) is 1.18. The predicted octanol–water partition coefficient (Wildman–Crippen LogP) is 2.84. The number of carbonyl (C=O) groups is 1. The Morgan fingerprint density at radius 3 is 2.77 bits per heavy atom. The van der Waals surface area contributed by atoms with Gasteiger partial charge in [0.05, 0.1) is 12.8 Å². The summed E-state index contributed by atoms with van der Waals surface area (Å²) in [7, 11) is 1.56. The Labute approximate surface area is 181 Å². The fraction of sp³-hybridized carbons (Fsp3) is 0.292. The minimum atomic E-state index is -0.333. The average molecular weight is 418 g/mol. The Balaban J connectivity index is 1.57. The van der Waals surface area contributed by atoms with Crippen LogP contribution in [0.15, 0.2) is 59.7 Å². The van der Waals surface area contributed by atoms with Gasteiger partial charge >= 0.3 is 0 Å². The molecule has 0 spiro atoms. The second-order valence-electron chi connectivity index (χ2n) is 7.92. The van der Waals surface area contributed by atoms with E-state index in [-0.39, 0.29) is 17.0 Å². The first-order chi connectivity index (χ1) is 15.0. The first kappa shape index (κ1) is 20.7. The number of methoxy groups -OCH3 is 1. The Hall–Kier alpha value is -3.61. The molecule has 1 saturated heterocycles. The van der Waals surface area contributed by atoms with Crippen LogP contribution in [0.2, 0.25) is 0 Å². The molecule has 3 heterocycles. The number of rotatable bonds is 5. The number of likely N-dealkylation sites (tertiary alicyclic amines) is 1. The number of nitrogen functional groups attached to an aromatic ring is 1. The van der Waals surface area contributed by atoms with E-state index in [1.807, 2.05) is 18.2 Å². The Morgan fingerprint density at radius 2 is 2.03 bits per heavy atom. The van der Waals surface area contributed by atoms with E-state index < -0.39 is 0 Å². The topological polar surface area (TPSA) is 90.4 Å². The van der Waals surface area contributed by atoms with Gasteiger partial charge in [0.15, 0.2) is 0 Å². The molecule has 1 fully saturated rings. The Kier molecular flexibility index (Phi) is 5.75. The molecule has 0 saturated carbocycles. The molecule has 0 radical (unpaired) electrons. The van der Waals surface area contributed by atoms with Gasteiger partial charge in [-0.3, -0.25) is 14.2 Å². The summed E-state index contributed by atoms with van der Waals surface area (Å²) in [4.78, 5) is 32.5. The Bertz CT molecular complexity index is 1150. The number of hydrogen-bond donors (Lipinski definition) is 1. The molecular weight excluding hydrogens is 392 g/mol. The zero-order chi connectivity index (χ0) is 22.0. The van der Waals surface area contributed by atoms with Crippen LogP contribution in [0.3, 0.4) is 0 Å². The van der Waals surface area contributed by atoms with Gasteiger partial charge in [0.2, 0.25) is 0 Å². The second-order valence-corrected chi connectivity index (χ2v) is 7.92. The number of carbonyl (C=O) groups excluding carboxylic acids is 1. The van der Waals surface area contributed by atoms with Crippen LogP contribution >= 0.6 is 0 Å². The van der Waals surface area contributed by atoms with E-state index >= 15 is 0 Å². The smallest absolute Gasteiger partial charge is 0.268 e. The number of benzene rings is 1. The number of pyridine rings is 2. The molecule has 1 unspecified atom stereocenters. The van der Waals surface area contributed by atoms with Gasteiger partial charge in [0.1, 0.15) is 17.1 Å². The van der Waals surface area contributed by atoms with E-state index in [0.29, 0.717) is 41.8 Å².